The molecule has 0 amide bonds. The molecule has 16 heavy (non-hydrogen) atoms. The Kier molecular flexibility index (Phi) is 5.17. The van der Waals surface area contributed by atoms with E-state index in [0.717, 1.165) is 0 Å². The van der Waals surface area contributed by atoms with Crippen LogP contribution in [-0.2, 0) is 14.6 Å². The Morgan fingerprint density at radius 1 is 1.50 bits per heavy atom. The summed E-state index contributed by atoms with van der Waals surface area (Å²) in [5.74, 6) is 0.376. The Morgan fingerprint density at radius 2 is 2.19 bits per heavy atom. The van der Waals surface area contributed by atoms with Crippen LogP contribution < -0.4 is 0 Å². The zero-order valence-corrected chi connectivity index (χ0v) is 10.7. The van der Waals surface area contributed by atoms with Crippen LogP contribution in [0.3, 0.4) is 0 Å². The second-order valence-corrected chi connectivity index (χ2v) is 6.69. The second-order valence-electron chi connectivity index (χ2n) is 4.22. The van der Waals surface area contributed by atoms with Crippen molar-refractivity contribution in [2.45, 2.75) is 26.0 Å². The van der Waals surface area contributed by atoms with E-state index in [0.29, 0.717) is 19.7 Å². The van der Waals surface area contributed by atoms with Gasteiger partial charge in [-0.2, -0.15) is 0 Å². The van der Waals surface area contributed by atoms with E-state index in [-0.39, 0.29) is 30.3 Å². The summed E-state index contributed by atoms with van der Waals surface area (Å²) >= 11 is 0. The highest BCUT2D eigenvalue weighted by Crippen LogP contribution is 2.11. The smallest absolute Gasteiger partial charge is 0.151 e. The van der Waals surface area contributed by atoms with Crippen LogP contribution in [0.2, 0.25) is 0 Å². The van der Waals surface area contributed by atoms with Crippen molar-refractivity contribution >= 4 is 9.84 Å². The normalized spacial score (nSPS) is 28.2. The van der Waals surface area contributed by atoms with Crippen molar-refractivity contribution in [1.82, 2.24) is 4.90 Å². The third-order valence-electron chi connectivity index (χ3n) is 2.97. The first-order valence-electron chi connectivity index (χ1n) is 5.65. The minimum atomic E-state index is -2.91. The van der Waals surface area contributed by atoms with E-state index in [9.17, 15) is 8.42 Å². The summed E-state index contributed by atoms with van der Waals surface area (Å²) in [6, 6.07) is 0.217. The summed E-state index contributed by atoms with van der Waals surface area (Å²) in [6.45, 7) is 5.34. The number of aliphatic hydroxyl groups excluding tert-OH is 1. The van der Waals surface area contributed by atoms with Gasteiger partial charge in [-0.05, 0) is 6.92 Å². The van der Waals surface area contributed by atoms with Gasteiger partial charge in [0.25, 0.3) is 0 Å². The summed E-state index contributed by atoms with van der Waals surface area (Å²) in [7, 11) is -2.91. The Balaban J connectivity index is 2.45. The molecule has 1 N–H and O–H groups in total. The zero-order chi connectivity index (χ0) is 12.2. The fourth-order valence-corrected chi connectivity index (χ4v) is 2.50. The van der Waals surface area contributed by atoms with Gasteiger partial charge in [0.1, 0.15) is 0 Å². The standard InChI is InChI=1S/C10H21NO4S/c1-3-16(13,14)5-4-11-6-10(7-12)15-8-9(11)2/h9-10,12H,3-8H2,1-2H3. The number of hydrogen-bond acceptors (Lipinski definition) is 5. The molecule has 1 fully saturated rings. The van der Waals surface area contributed by atoms with Crippen molar-refractivity contribution in [2.75, 3.05) is 37.8 Å². The molecule has 2 unspecified atom stereocenters. The molecular formula is C10H21NO4S. The van der Waals surface area contributed by atoms with Crippen molar-refractivity contribution in [3.63, 3.8) is 0 Å². The molecule has 5 nitrogen and oxygen atoms in total. The van der Waals surface area contributed by atoms with Gasteiger partial charge in [-0.1, -0.05) is 6.92 Å². The van der Waals surface area contributed by atoms with Gasteiger partial charge in [0.2, 0.25) is 0 Å². The Labute approximate surface area is 97.3 Å². The molecule has 1 aliphatic heterocycles. The van der Waals surface area contributed by atoms with Gasteiger partial charge < -0.3 is 9.84 Å². The maximum Gasteiger partial charge on any atom is 0.151 e. The van der Waals surface area contributed by atoms with E-state index < -0.39 is 9.84 Å². The molecule has 1 heterocycles. The molecule has 0 saturated carbocycles. The van der Waals surface area contributed by atoms with Crippen LogP contribution >= 0.6 is 0 Å². The number of hydrogen-bond donors (Lipinski definition) is 1. The van der Waals surface area contributed by atoms with Crippen molar-refractivity contribution in [3.05, 3.63) is 0 Å². The first kappa shape index (κ1) is 13.9. The van der Waals surface area contributed by atoms with Crippen LogP contribution in [0.4, 0.5) is 0 Å². The molecule has 2 atom stereocenters. The molecule has 0 aromatic rings. The highest BCUT2D eigenvalue weighted by molar-refractivity contribution is 7.91. The molecule has 0 aromatic heterocycles. The maximum atomic E-state index is 11.4. The van der Waals surface area contributed by atoms with E-state index in [1.807, 2.05) is 6.92 Å². The topological polar surface area (TPSA) is 66.8 Å². The molecule has 0 aliphatic carbocycles. The Bertz CT molecular complexity index is 304. The van der Waals surface area contributed by atoms with Crippen LogP contribution in [-0.4, -0.2) is 68.4 Å². The fourth-order valence-electron chi connectivity index (χ4n) is 1.70. The SMILES string of the molecule is CCS(=O)(=O)CCN1CC(CO)OCC1C. The van der Waals surface area contributed by atoms with E-state index in [1.54, 1.807) is 6.92 Å². The number of ether oxygens (including phenoxy) is 1. The van der Waals surface area contributed by atoms with Gasteiger partial charge in [0.15, 0.2) is 9.84 Å². The van der Waals surface area contributed by atoms with Gasteiger partial charge in [0, 0.05) is 24.9 Å². The minimum absolute atomic E-state index is 0.0102. The molecule has 0 radical (unpaired) electrons. The lowest BCUT2D eigenvalue weighted by Crippen LogP contribution is -2.50. The molecule has 96 valence electrons. The number of sulfone groups is 1. The molecule has 0 aromatic carbocycles. The van der Waals surface area contributed by atoms with Gasteiger partial charge >= 0.3 is 0 Å². The number of aliphatic hydroxyl groups is 1. The summed E-state index contributed by atoms with van der Waals surface area (Å²) < 4.78 is 28.2. The highest BCUT2D eigenvalue weighted by Gasteiger charge is 2.26. The lowest BCUT2D eigenvalue weighted by Gasteiger charge is -2.37. The molecule has 1 saturated heterocycles. The number of morpholine rings is 1. The van der Waals surface area contributed by atoms with Crippen LogP contribution in [0.5, 0.6) is 0 Å². The molecule has 0 bridgehead atoms. The van der Waals surface area contributed by atoms with Gasteiger partial charge in [0.05, 0.1) is 25.1 Å². The highest BCUT2D eigenvalue weighted by atomic mass is 32.2. The maximum absolute atomic E-state index is 11.4. The van der Waals surface area contributed by atoms with Gasteiger partial charge in [-0.25, -0.2) is 8.42 Å². The average Bonchev–Trinajstić information content (AvgIpc) is 2.28. The number of rotatable bonds is 5. The monoisotopic (exact) mass is 251 g/mol. The van der Waals surface area contributed by atoms with Crippen molar-refractivity contribution in [3.8, 4) is 0 Å². The predicted molar refractivity (Wildman–Crippen MR) is 62.2 cm³/mol. The van der Waals surface area contributed by atoms with Crippen molar-refractivity contribution < 1.29 is 18.3 Å². The van der Waals surface area contributed by atoms with Crippen LogP contribution in [0.15, 0.2) is 0 Å². The average molecular weight is 251 g/mol. The Morgan fingerprint density at radius 3 is 2.75 bits per heavy atom. The fraction of sp³-hybridized carbons (Fsp3) is 1.00. The third kappa shape index (κ3) is 4.01. The van der Waals surface area contributed by atoms with E-state index in [1.165, 1.54) is 0 Å². The minimum Gasteiger partial charge on any atom is -0.394 e. The summed E-state index contributed by atoms with van der Waals surface area (Å²) in [5.41, 5.74) is 0. The molecule has 1 aliphatic rings. The van der Waals surface area contributed by atoms with Gasteiger partial charge in [-0.15, -0.1) is 0 Å². The van der Waals surface area contributed by atoms with E-state index >= 15 is 0 Å². The largest absolute Gasteiger partial charge is 0.394 e. The lowest BCUT2D eigenvalue weighted by atomic mass is 10.2. The number of nitrogens with zero attached hydrogens (tertiary/aromatic N) is 1. The molecule has 6 heteroatoms. The van der Waals surface area contributed by atoms with Crippen LogP contribution in [0.1, 0.15) is 13.8 Å². The Hall–Kier alpha value is -0.170. The van der Waals surface area contributed by atoms with Crippen LogP contribution in [0.25, 0.3) is 0 Å². The van der Waals surface area contributed by atoms with E-state index in [4.69, 9.17) is 9.84 Å². The quantitative estimate of drug-likeness (QED) is 0.714. The van der Waals surface area contributed by atoms with Crippen molar-refractivity contribution in [1.29, 1.82) is 0 Å². The van der Waals surface area contributed by atoms with Crippen molar-refractivity contribution in [2.24, 2.45) is 0 Å². The molecule has 0 spiro atoms. The van der Waals surface area contributed by atoms with E-state index in [2.05, 4.69) is 4.90 Å². The third-order valence-corrected chi connectivity index (χ3v) is 4.65. The van der Waals surface area contributed by atoms with Gasteiger partial charge in [-0.3, -0.25) is 4.90 Å². The first-order chi connectivity index (χ1) is 7.48. The molecular weight excluding hydrogens is 230 g/mol. The summed E-state index contributed by atoms with van der Waals surface area (Å²) in [4.78, 5) is 2.07. The second kappa shape index (κ2) is 5.95. The predicted octanol–water partition coefficient (Wildman–Crippen LogP) is -0.497. The first-order valence-corrected chi connectivity index (χ1v) is 7.47. The lowest BCUT2D eigenvalue weighted by molar-refractivity contribution is -0.0758. The van der Waals surface area contributed by atoms with Crippen LogP contribution in [0, 0.1) is 0 Å². The zero-order valence-electron chi connectivity index (χ0n) is 9.92. The summed E-state index contributed by atoms with van der Waals surface area (Å²) in [6.07, 6.45) is -0.180. The molecule has 1 rings (SSSR count). The summed E-state index contributed by atoms with van der Waals surface area (Å²) in [5, 5.41) is 9.00.